The number of hydrogen-bond donors (Lipinski definition) is 1. The highest BCUT2D eigenvalue weighted by atomic mass is 32.2. The van der Waals surface area contributed by atoms with Gasteiger partial charge >= 0.3 is 5.97 Å². The maximum Gasteiger partial charge on any atom is 0.339 e. The van der Waals surface area contributed by atoms with Crippen molar-refractivity contribution in [2.45, 2.75) is 18.7 Å². The van der Waals surface area contributed by atoms with Crippen LogP contribution in [0.2, 0.25) is 0 Å². The van der Waals surface area contributed by atoms with Crippen molar-refractivity contribution in [3.05, 3.63) is 82.9 Å². The van der Waals surface area contributed by atoms with Gasteiger partial charge in [0.15, 0.2) is 6.61 Å². The summed E-state index contributed by atoms with van der Waals surface area (Å²) in [4.78, 5) is 38.1. The largest absolute Gasteiger partial charge is 0.454 e. The Hall–Kier alpha value is -3.43. The van der Waals surface area contributed by atoms with E-state index in [0.29, 0.717) is 40.7 Å². The predicted octanol–water partition coefficient (Wildman–Crippen LogP) is 4.13. The van der Waals surface area contributed by atoms with Gasteiger partial charge in [-0.3, -0.25) is 9.59 Å². The number of rotatable bonds is 11. The molecule has 0 radical (unpaired) electrons. The normalized spacial score (nSPS) is 10.7. The van der Waals surface area contributed by atoms with E-state index in [2.05, 4.69) is 5.32 Å². The Bertz CT molecular complexity index is 1220. The highest BCUT2D eigenvalue weighted by Gasteiger charge is 2.21. The second-order valence-corrected chi connectivity index (χ2v) is 8.72. The van der Waals surface area contributed by atoms with Crippen LogP contribution >= 0.6 is 11.8 Å². The van der Waals surface area contributed by atoms with Gasteiger partial charge in [-0.15, -0.1) is 11.8 Å². The van der Waals surface area contributed by atoms with Gasteiger partial charge in [0.1, 0.15) is 5.82 Å². The minimum atomic E-state index is -0.663. The van der Waals surface area contributed by atoms with Crippen LogP contribution in [0.25, 0.3) is 5.69 Å². The van der Waals surface area contributed by atoms with Gasteiger partial charge in [-0.05, 0) is 44.2 Å². The molecule has 1 heterocycles. The van der Waals surface area contributed by atoms with Gasteiger partial charge in [-0.2, -0.15) is 0 Å². The summed E-state index contributed by atoms with van der Waals surface area (Å²) in [5.41, 5.74) is 2.22. The standard InChI is InChI=1S/C26H27FN2O5S/c1-17-14-20(18(2)29(17)22-10-6-5-9-21(22)27)23(30)15-34-26(32)19-8-4-7-11-24(19)35-16-25(31)28-12-13-33-3/h4-11,14H,12-13,15-16H2,1-3H3,(H,28,31). The van der Waals surface area contributed by atoms with Crippen molar-refractivity contribution < 1.29 is 28.2 Å². The molecule has 35 heavy (non-hydrogen) atoms. The van der Waals surface area contributed by atoms with E-state index in [4.69, 9.17) is 9.47 Å². The van der Waals surface area contributed by atoms with Crippen LogP contribution in [-0.2, 0) is 14.3 Å². The smallest absolute Gasteiger partial charge is 0.339 e. The lowest BCUT2D eigenvalue weighted by molar-refractivity contribution is -0.118. The number of thioether (sulfide) groups is 1. The van der Waals surface area contributed by atoms with Crippen molar-refractivity contribution in [1.29, 1.82) is 0 Å². The van der Waals surface area contributed by atoms with E-state index >= 15 is 0 Å². The summed E-state index contributed by atoms with van der Waals surface area (Å²) in [5.74, 6) is -1.52. The average Bonchev–Trinajstić information content (AvgIpc) is 3.15. The number of hydrogen-bond acceptors (Lipinski definition) is 6. The van der Waals surface area contributed by atoms with Gasteiger partial charge < -0.3 is 19.4 Å². The van der Waals surface area contributed by atoms with Crippen LogP contribution in [0.1, 0.15) is 32.1 Å². The Kier molecular flexibility index (Phi) is 9.22. The molecule has 0 aliphatic heterocycles. The Morgan fingerprint density at radius 1 is 1.03 bits per heavy atom. The molecule has 1 aromatic heterocycles. The number of aryl methyl sites for hydroxylation is 1. The summed E-state index contributed by atoms with van der Waals surface area (Å²) in [7, 11) is 1.55. The molecule has 0 saturated heterocycles. The fraction of sp³-hybridized carbons (Fsp3) is 0.269. The lowest BCUT2D eigenvalue weighted by Crippen LogP contribution is -2.28. The van der Waals surface area contributed by atoms with Gasteiger partial charge in [-0.1, -0.05) is 24.3 Å². The van der Waals surface area contributed by atoms with Crippen LogP contribution in [0.15, 0.2) is 59.5 Å². The first-order chi connectivity index (χ1) is 16.8. The van der Waals surface area contributed by atoms with Gasteiger partial charge in [-0.25, -0.2) is 9.18 Å². The molecule has 0 aliphatic carbocycles. The Morgan fingerprint density at radius 3 is 2.49 bits per heavy atom. The third-order valence-corrected chi connectivity index (χ3v) is 6.33. The third kappa shape index (κ3) is 6.58. The fourth-order valence-corrected chi connectivity index (χ4v) is 4.45. The molecule has 1 amide bonds. The van der Waals surface area contributed by atoms with Crippen molar-refractivity contribution >= 4 is 29.4 Å². The lowest BCUT2D eigenvalue weighted by Gasteiger charge is -2.11. The first-order valence-electron chi connectivity index (χ1n) is 10.9. The number of ketones is 1. The van der Waals surface area contributed by atoms with Crippen molar-refractivity contribution in [3.63, 3.8) is 0 Å². The van der Waals surface area contributed by atoms with E-state index in [1.54, 1.807) is 74.1 Å². The number of halogens is 1. The van der Waals surface area contributed by atoms with Crippen molar-refractivity contribution in [2.24, 2.45) is 0 Å². The SMILES string of the molecule is COCCNC(=O)CSc1ccccc1C(=O)OCC(=O)c1cc(C)n(-c2ccccc2F)c1C. The van der Waals surface area contributed by atoms with Gasteiger partial charge in [0, 0.05) is 35.5 Å². The number of nitrogens with one attached hydrogen (secondary N) is 1. The Morgan fingerprint density at radius 2 is 1.74 bits per heavy atom. The van der Waals surface area contributed by atoms with Crippen molar-refractivity contribution in [3.8, 4) is 5.69 Å². The number of para-hydroxylation sites is 1. The number of carbonyl (C=O) groups is 3. The highest BCUT2D eigenvalue weighted by Crippen LogP contribution is 2.25. The number of amides is 1. The van der Waals surface area contributed by atoms with E-state index in [1.807, 2.05) is 0 Å². The van der Waals surface area contributed by atoms with Crippen molar-refractivity contribution in [1.82, 2.24) is 9.88 Å². The van der Waals surface area contributed by atoms with Crippen molar-refractivity contribution in [2.75, 3.05) is 32.6 Å². The minimum Gasteiger partial charge on any atom is -0.454 e. The number of esters is 1. The zero-order chi connectivity index (χ0) is 25.4. The number of benzene rings is 2. The quantitative estimate of drug-likeness (QED) is 0.185. The zero-order valence-corrected chi connectivity index (χ0v) is 20.6. The second-order valence-electron chi connectivity index (χ2n) is 7.70. The van der Waals surface area contributed by atoms with E-state index in [0.717, 1.165) is 0 Å². The fourth-order valence-electron chi connectivity index (χ4n) is 3.58. The number of carbonyl (C=O) groups excluding carboxylic acids is 3. The summed E-state index contributed by atoms with van der Waals surface area (Å²) >= 11 is 1.20. The maximum absolute atomic E-state index is 14.3. The second kappa shape index (κ2) is 12.3. The first-order valence-corrected chi connectivity index (χ1v) is 11.9. The molecule has 184 valence electrons. The number of Topliss-reactive ketones (excluding diaryl/α,β-unsaturated/α-hetero) is 1. The average molecular weight is 499 g/mol. The molecule has 0 unspecified atom stereocenters. The minimum absolute atomic E-state index is 0.120. The van der Waals surface area contributed by atoms with Crippen LogP contribution in [0, 0.1) is 19.7 Å². The summed E-state index contributed by atoms with van der Waals surface area (Å²) in [6, 6.07) is 14.7. The Balaban J connectivity index is 1.66. The van der Waals surface area contributed by atoms with Crippen LogP contribution in [-0.4, -0.2) is 54.8 Å². The molecule has 1 N–H and O–H groups in total. The molecule has 7 nitrogen and oxygen atoms in total. The molecule has 0 atom stereocenters. The molecule has 0 spiro atoms. The van der Waals surface area contributed by atoms with Crippen LogP contribution in [0.4, 0.5) is 4.39 Å². The summed E-state index contributed by atoms with van der Waals surface area (Å²) in [5, 5.41) is 2.72. The molecule has 9 heteroatoms. The maximum atomic E-state index is 14.3. The molecule has 3 rings (SSSR count). The monoisotopic (exact) mass is 498 g/mol. The number of aromatic nitrogens is 1. The van der Waals surface area contributed by atoms with E-state index in [-0.39, 0.29) is 17.2 Å². The van der Waals surface area contributed by atoms with E-state index in [9.17, 15) is 18.8 Å². The van der Waals surface area contributed by atoms with E-state index in [1.165, 1.54) is 17.8 Å². The summed E-state index contributed by atoms with van der Waals surface area (Å²) in [6.45, 7) is 3.85. The Labute approximate surface area is 207 Å². The predicted molar refractivity (Wildman–Crippen MR) is 132 cm³/mol. The lowest BCUT2D eigenvalue weighted by atomic mass is 10.1. The molecular formula is C26H27FN2O5S. The molecule has 2 aromatic carbocycles. The molecule has 0 fully saturated rings. The first kappa shape index (κ1) is 26.2. The summed E-state index contributed by atoms with van der Waals surface area (Å²) in [6.07, 6.45) is 0. The molecule has 0 bridgehead atoms. The van der Waals surface area contributed by atoms with Crippen LogP contribution in [0.5, 0.6) is 0 Å². The van der Waals surface area contributed by atoms with E-state index < -0.39 is 24.2 Å². The van der Waals surface area contributed by atoms with Crippen LogP contribution in [0.3, 0.4) is 0 Å². The highest BCUT2D eigenvalue weighted by molar-refractivity contribution is 8.00. The molecular weight excluding hydrogens is 471 g/mol. The van der Waals surface area contributed by atoms with Gasteiger partial charge in [0.25, 0.3) is 0 Å². The van der Waals surface area contributed by atoms with Crippen LogP contribution < -0.4 is 5.32 Å². The number of nitrogens with zero attached hydrogens (tertiary/aromatic N) is 1. The van der Waals surface area contributed by atoms with Gasteiger partial charge in [0.05, 0.1) is 23.6 Å². The third-order valence-electron chi connectivity index (χ3n) is 5.25. The molecule has 0 aliphatic rings. The van der Waals surface area contributed by atoms with Gasteiger partial charge in [0.2, 0.25) is 11.7 Å². The zero-order valence-electron chi connectivity index (χ0n) is 19.8. The summed E-state index contributed by atoms with van der Waals surface area (Å²) < 4.78 is 26.2. The topological polar surface area (TPSA) is 86.6 Å². The molecule has 3 aromatic rings. The molecule has 0 saturated carbocycles. The number of ether oxygens (including phenoxy) is 2. The number of methoxy groups -OCH3 is 1.